The molecule has 2 heterocycles. The van der Waals surface area contributed by atoms with Gasteiger partial charge in [-0.2, -0.15) is 4.98 Å². The van der Waals surface area contributed by atoms with Crippen molar-refractivity contribution in [1.29, 1.82) is 0 Å². The summed E-state index contributed by atoms with van der Waals surface area (Å²) in [5.41, 5.74) is 0.788. The van der Waals surface area contributed by atoms with Crippen molar-refractivity contribution in [3.63, 3.8) is 0 Å². The second-order valence-corrected chi connectivity index (χ2v) is 9.72. The molecule has 1 atom stereocenters. The van der Waals surface area contributed by atoms with Gasteiger partial charge in [0, 0.05) is 0 Å². The molecule has 0 bridgehead atoms. The van der Waals surface area contributed by atoms with Gasteiger partial charge in [-0.1, -0.05) is 35.9 Å². The Morgan fingerprint density at radius 1 is 1.03 bits per heavy atom. The van der Waals surface area contributed by atoms with E-state index in [4.69, 9.17) is 28.2 Å². The Morgan fingerprint density at radius 3 is 2.45 bits per heavy atom. The van der Waals surface area contributed by atoms with Gasteiger partial charge in [-0.05, 0) is 42.8 Å². The van der Waals surface area contributed by atoms with Crippen molar-refractivity contribution in [1.82, 2.24) is 19.5 Å². The van der Waals surface area contributed by atoms with E-state index in [2.05, 4.69) is 20.0 Å². The highest BCUT2D eigenvalue weighted by Crippen LogP contribution is 2.27. The number of aromatic nitrogens is 4. The van der Waals surface area contributed by atoms with Gasteiger partial charge >= 0.3 is 0 Å². The largest absolute Gasteiger partial charge is 0.358 e. The minimum atomic E-state index is -3.60. The number of nitrogens with one attached hydrogen (secondary N) is 2. The van der Waals surface area contributed by atoms with Gasteiger partial charge in [-0.3, -0.25) is 14.1 Å². The summed E-state index contributed by atoms with van der Waals surface area (Å²) in [7, 11) is -3.60. The molecular weight excluding hydrogens is 487 g/mol. The highest BCUT2D eigenvalue weighted by molar-refractivity contribution is 7.92. The predicted molar refractivity (Wildman–Crippen MR) is 130 cm³/mol. The first kappa shape index (κ1) is 23.0. The fraction of sp³-hybridized carbons (Fsp3) is 0.143. The maximum absolute atomic E-state index is 13.5. The molecule has 2 aromatic carbocycles. The van der Waals surface area contributed by atoms with Gasteiger partial charge in [0.25, 0.3) is 5.56 Å². The number of fused-ring (bicyclic) bond motifs is 1. The van der Waals surface area contributed by atoms with Crippen molar-refractivity contribution in [2.75, 3.05) is 16.3 Å². The third-order valence-electron chi connectivity index (χ3n) is 4.68. The van der Waals surface area contributed by atoms with Crippen LogP contribution < -0.4 is 15.6 Å². The molecule has 4 aromatic rings. The SMILES string of the molecule is C[C@@H](Nc1nc(Cl)ncc1NS(C)(=O)=O)c1nc2cccc(Cl)c2c(=O)n1-c1ccccc1. The lowest BCUT2D eigenvalue weighted by Gasteiger charge is -2.21. The zero-order valence-electron chi connectivity index (χ0n) is 17.5. The molecule has 0 spiro atoms. The second kappa shape index (κ2) is 8.97. The van der Waals surface area contributed by atoms with Crippen molar-refractivity contribution in [2.45, 2.75) is 13.0 Å². The number of hydrogen-bond acceptors (Lipinski definition) is 7. The minimum Gasteiger partial charge on any atom is -0.358 e. The lowest BCUT2D eigenvalue weighted by atomic mass is 10.2. The number of benzene rings is 2. The first-order valence-electron chi connectivity index (χ1n) is 9.67. The second-order valence-electron chi connectivity index (χ2n) is 7.22. The average Bonchev–Trinajstić information content (AvgIpc) is 2.75. The van der Waals surface area contributed by atoms with E-state index in [0.717, 1.165) is 6.26 Å². The molecule has 9 nitrogen and oxygen atoms in total. The van der Waals surface area contributed by atoms with Crippen molar-refractivity contribution in [2.24, 2.45) is 0 Å². The summed E-state index contributed by atoms with van der Waals surface area (Å²) in [6.07, 6.45) is 2.26. The summed E-state index contributed by atoms with van der Waals surface area (Å²) in [6.45, 7) is 1.76. The molecule has 2 aromatic heterocycles. The first-order chi connectivity index (χ1) is 15.6. The van der Waals surface area contributed by atoms with E-state index in [9.17, 15) is 13.2 Å². The lowest BCUT2D eigenvalue weighted by Crippen LogP contribution is -2.28. The summed E-state index contributed by atoms with van der Waals surface area (Å²) < 4.78 is 27.3. The standard InChI is InChI=1S/C21H18Cl2N6O3S/c1-12(25-18-16(28-33(2,31)32)11-24-21(23)27-18)19-26-15-10-6-9-14(22)17(15)20(30)29(19)13-7-4-3-5-8-13/h3-12,28H,1-2H3,(H,24,25,27)/t12-/m1/s1. The Kier molecular flexibility index (Phi) is 6.24. The summed E-state index contributed by atoms with van der Waals surface area (Å²) in [5.74, 6) is 0.494. The molecule has 0 saturated heterocycles. The van der Waals surface area contributed by atoms with E-state index in [1.54, 1.807) is 49.4 Å². The van der Waals surface area contributed by atoms with Gasteiger partial charge in [-0.25, -0.2) is 18.4 Å². The number of halogens is 2. The topological polar surface area (TPSA) is 119 Å². The quantitative estimate of drug-likeness (QED) is 0.380. The van der Waals surface area contributed by atoms with Crippen LogP contribution in [0.4, 0.5) is 11.5 Å². The van der Waals surface area contributed by atoms with Crippen molar-refractivity contribution in [3.8, 4) is 5.69 Å². The van der Waals surface area contributed by atoms with E-state index in [0.29, 0.717) is 27.4 Å². The molecule has 0 amide bonds. The number of para-hydroxylation sites is 1. The molecule has 0 saturated carbocycles. The minimum absolute atomic E-state index is 0.0811. The Morgan fingerprint density at radius 2 is 1.76 bits per heavy atom. The summed E-state index contributed by atoms with van der Waals surface area (Å²) in [6, 6.07) is 13.4. The van der Waals surface area contributed by atoms with Crippen molar-refractivity contribution < 1.29 is 8.42 Å². The molecule has 0 aliphatic heterocycles. The maximum Gasteiger partial charge on any atom is 0.267 e. The normalized spacial score (nSPS) is 12.5. The van der Waals surface area contributed by atoms with E-state index in [1.165, 1.54) is 10.8 Å². The van der Waals surface area contributed by atoms with Crippen LogP contribution in [0.1, 0.15) is 18.8 Å². The number of sulfonamides is 1. The lowest BCUT2D eigenvalue weighted by molar-refractivity contribution is 0.606. The van der Waals surface area contributed by atoms with Gasteiger partial charge < -0.3 is 5.32 Å². The van der Waals surface area contributed by atoms with Gasteiger partial charge in [-0.15, -0.1) is 0 Å². The molecule has 0 aliphatic rings. The number of rotatable bonds is 6. The molecule has 170 valence electrons. The number of nitrogens with zero attached hydrogens (tertiary/aromatic N) is 4. The van der Waals surface area contributed by atoms with Crippen molar-refractivity contribution in [3.05, 3.63) is 81.2 Å². The van der Waals surface area contributed by atoms with Crippen LogP contribution in [0.15, 0.2) is 59.5 Å². The number of hydrogen-bond donors (Lipinski definition) is 2. The Bertz CT molecular complexity index is 1510. The highest BCUT2D eigenvalue weighted by atomic mass is 35.5. The zero-order valence-corrected chi connectivity index (χ0v) is 19.8. The molecule has 12 heteroatoms. The molecule has 4 rings (SSSR count). The van der Waals surface area contributed by atoms with E-state index in [-0.39, 0.29) is 22.3 Å². The molecule has 2 N–H and O–H groups in total. The van der Waals surface area contributed by atoms with E-state index < -0.39 is 16.1 Å². The monoisotopic (exact) mass is 504 g/mol. The van der Waals surface area contributed by atoms with E-state index >= 15 is 0 Å². The van der Waals surface area contributed by atoms with Gasteiger partial charge in [0.1, 0.15) is 11.5 Å². The average molecular weight is 505 g/mol. The highest BCUT2D eigenvalue weighted by Gasteiger charge is 2.21. The maximum atomic E-state index is 13.5. The van der Waals surface area contributed by atoms with Crippen molar-refractivity contribution >= 4 is 55.6 Å². The predicted octanol–water partition coefficient (Wildman–Crippen LogP) is 4.03. The van der Waals surface area contributed by atoms with Crippen LogP contribution in [0, 0.1) is 0 Å². The van der Waals surface area contributed by atoms with Gasteiger partial charge in [0.2, 0.25) is 15.3 Å². The Labute approximate surface area is 199 Å². The third kappa shape index (κ3) is 4.92. The fourth-order valence-corrected chi connectivity index (χ4v) is 4.27. The fourth-order valence-electron chi connectivity index (χ4n) is 3.34. The van der Waals surface area contributed by atoms with Crippen LogP contribution in [-0.2, 0) is 10.0 Å². The molecule has 33 heavy (non-hydrogen) atoms. The van der Waals surface area contributed by atoms with Gasteiger partial charge in [0.05, 0.1) is 40.1 Å². The molecule has 0 unspecified atom stereocenters. The van der Waals surface area contributed by atoms with Crippen LogP contribution in [-0.4, -0.2) is 34.2 Å². The van der Waals surface area contributed by atoms with Crippen LogP contribution in [0.25, 0.3) is 16.6 Å². The molecule has 0 fully saturated rings. The molecule has 0 radical (unpaired) electrons. The smallest absolute Gasteiger partial charge is 0.267 e. The van der Waals surface area contributed by atoms with Crippen LogP contribution >= 0.6 is 23.2 Å². The van der Waals surface area contributed by atoms with E-state index in [1.807, 2.05) is 6.07 Å². The summed E-state index contributed by atoms with van der Waals surface area (Å²) >= 11 is 12.3. The molecular formula is C21H18Cl2N6O3S. The van der Waals surface area contributed by atoms with Crippen LogP contribution in [0.5, 0.6) is 0 Å². The first-order valence-corrected chi connectivity index (χ1v) is 12.3. The number of anilines is 2. The van der Waals surface area contributed by atoms with Crippen LogP contribution in [0.3, 0.4) is 0 Å². The summed E-state index contributed by atoms with van der Waals surface area (Å²) in [5, 5.41) is 3.60. The van der Waals surface area contributed by atoms with Crippen LogP contribution in [0.2, 0.25) is 10.3 Å². The van der Waals surface area contributed by atoms with Gasteiger partial charge in [0.15, 0.2) is 5.82 Å². The Hall–Kier alpha value is -3.21. The third-order valence-corrected chi connectivity index (χ3v) is 5.77. The Balaban J connectivity index is 1.89. The summed E-state index contributed by atoms with van der Waals surface area (Å²) in [4.78, 5) is 26.1. The zero-order chi connectivity index (χ0) is 23.8. The molecule has 0 aliphatic carbocycles.